The third-order valence-corrected chi connectivity index (χ3v) is 2.54. The summed E-state index contributed by atoms with van der Waals surface area (Å²) in [7, 11) is 0. The third-order valence-electron chi connectivity index (χ3n) is 2.54. The van der Waals surface area contributed by atoms with Crippen LogP contribution in [0.25, 0.3) is 0 Å². The van der Waals surface area contributed by atoms with Gasteiger partial charge in [0.1, 0.15) is 6.10 Å². The van der Waals surface area contributed by atoms with Crippen LogP contribution in [0.1, 0.15) is 18.1 Å². The highest BCUT2D eigenvalue weighted by Gasteiger charge is 2.20. The molecule has 5 nitrogen and oxygen atoms in total. The topological polar surface area (TPSA) is 82.7 Å². The Balaban J connectivity index is 2.26. The van der Waals surface area contributed by atoms with E-state index in [4.69, 9.17) is 14.7 Å². The minimum atomic E-state index is -1.44. The zero-order valence-electron chi connectivity index (χ0n) is 9.17. The summed E-state index contributed by atoms with van der Waals surface area (Å²) in [6.45, 7) is 1.14. The van der Waals surface area contributed by atoms with Gasteiger partial charge in [-0.3, -0.25) is 0 Å². The fourth-order valence-corrected chi connectivity index (χ4v) is 1.62. The Kier molecular flexibility index (Phi) is 3.47. The summed E-state index contributed by atoms with van der Waals surface area (Å²) in [5.74, 6) is 1.15. The fraction of sp³-hybridized carbons (Fsp3) is 0.417. The van der Waals surface area contributed by atoms with Gasteiger partial charge in [-0.05, 0) is 17.7 Å². The fourth-order valence-electron chi connectivity index (χ4n) is 1.62. The first kappa shape index (κ1) is 11.7. The summed E-state index contributed by atoms with van der Waals surface area (Å²) in [5.41, 5.74) is 0.434. The smallest absolute Gasteiger partial charge is 0.170 e. The van der Waals surface area contributed by atoms with Crippen LogP contribution in [0, 0.1) is 11.3 Å². The first-order valence-corrected chi connectivity index (χ1v) is 5.37. The van der Waals surface area contributed by atoms with Gasteiger partial charge in [-0.25, -0.2) is 0 Å². The van der Waals surface area contributed by atoms with Crippen LogP contribution in [0.4, 0.5) is 0 Å². The van der Waals surface area contributed by atoms with Crippen LogP contribution >= 0.6 is 0 Å². The van der Waals surface area contributed by atoms with Crippen molar-refractivity contribution in [3.05, 3.63) is 23.8 Å². The lowest BCUT2D eigenvalue weighted by Gasteiger charge is -2.14. The minimum Gasteiger partial charge on any atom is -0.490 e. The van der Waals surface area contributed by atoms with Gasteiger partial charge >= 0.3 is 0 Å². The second-order valence-electron chi connectivity index (χ2n) is 3.78. The van der Waals surface area contributed by atoms with Gasteiger partial charge in [0, 0.05) is 6.42 Å². The highest BCUT2D eigenvalue weighted by molar-refractivity contribution is 5.44. The van der Waals surface area contributed by atoms with Crippen molar-refractivity contribution in [2.75, 3.05) is 13.2 Å². The van der Waals surface area contributed by atoms with Crippen molar-refractivity contribution < 1.29 is 19.7 Å². The van der Waals surface area contributed by atoms with E-state index in [0.717, 1.165) is 6.42 Å². The maximum atomic E-state index is 9.69. The molecule has 0 spiro atoms. The first-order chi connectivity index (χ1) is 8.22. The SMILES string of the molecule is N#CC(O)C(O)c1ccc2c(c1)OCCCO2. The number of benzene rings is 1. The molecular formula is C12H13NO4. The van der Waals surface area contributed by atoms with Crippen LogP contribution in [0.5, 0.6) is 11.5 Å². The van der Waals surface area contributed by atoms with Crippen LogP contribution in [-0.4, -0.2) is 29.5 Å². The van der Waals surface area contributed by atoms with E-state index in [1.165, 1.54) is 0 Å². The molecule has 0 saturated carbocycles. The molecule has 0 aromatic heterocycles. The monoisotopic (exact) mass is 235 g/mol. The molecule has 0 amide bonds. The van der Waals surface area contributed by atoms with Gasteiger partial charge < -0.3 is 19.7 Å². The average molecular weight is 235 g/mol. The van der Waals surface area contributed by atoms with Gasteiger partial charge in [0.25, 0.3) is 0 Å². The number of hydrogen-bond donors (Lipinski definition) is 2. The second-order valence-corrected chi connectivity index (χ2v) is 3.78. The van der Waals surface area contributed by atoms with Gasteiger partial charge in [0.15, 0.2) is 17.6 Å². The number of nitrogens with zero attached hydrogens (tertiary/aromatic N) is 1. The number of aliphatic hydroxyl groups excluding tert-OH is 2. The normalized spacial score (nSPS) is 17.7. The average Bonchev–Trinajstić information content (AvgIpc) is 2.61. The van der Waals surface area contributed by atoms with E-state index in [2.05, 4.69) is 0 Å². The maximum absolute atomic E-state index is 9.69. The van der Waals surface area contributed by atoms with Crippen LogP contribution in [0.2, 0.25) is 0 Å². The molecule has 5 heteroatoms. The largest absolute Gasteiger partial charge is 0.490 e. The van der Waals surface area contributed by atoms with Crippen molar-refractivity contribution in [2.24, 2.45) is 0 Å². The van der Waals surface area contributed by atoms with E-state index in [9.17, 15) is 10.2 Å². The van der Waals surface area contributed by atoms with E-state index in [1.807, 2.05) is 0 Å². The Morgan fingerprint density at radius 2 is 1.88 bits per heavy atom. The van der Waals surface area contributed by atoms with Crippen molar-refractivity contribution in [1.82, 2.24) is 0 Å². The predicted octanol–water partition coefficient (Wildman–Crippen LogP) is 0.766. The molecule has 1 aliphatic rings. The van der Waals surface area contributed by atoms with E-state index >= 15 is 0 Å². The first-order valence-electron chi connectivity index (χ1n) is 5.37. The van der Waals surface area contributed by atoms with Gasteiger partial charge in [-0.1, -0.05) is 6.07 Å². The Hall–Kier alpha value is -1.77. The van der Waals surface area contributed by atoms with Crippen LogP contribution in [0.15, 0.2) is 18.2 Å². The van der Waals surface area contributed by atoms with Gasteiger partial charge in [0.05, 0.1) is 19.3 Å². The predicted molar refractivity (Wildman–Crippen MR) is 58.6 cm³/mol. The highest BCUT2D eigenvalue weighted by Crippen LogP contribution is 2.32. The number of hydrogen-bond acceptors (Lipinski definition) is 5. The lowest BCUT2D eigenvalue weighted by atomic mass is 10.0. The lowest BCUT2D eigenvalue weighted by molar-refractivity contribution is 0.0526. The Bertz CT molecular complexity index is 441. The molecule has 0 fully saturated rings. The van der Waals surface area contributed by atoms with E-state index in [-0.39, 0.29) is 0 Å². The molecule has 2 unspecified atom stereocenters. The molecule has 2 N–H and O–H groups in total. The molecule has 2 atom stereocenters. The van der Waals surface area contributed by atoms with E-state index < -0.39 is 12.2 Å². The minimum absolute atomic E-state index is 0.434. The Labute approximate surface area is 98.8 Å². The molecule has 90 valence electrons. The highest BCUT2D eigenvalue weighted by atomic mass is 16.5. The summed E-state index contributed by atoms with van der Waals surface area (Å²) in [6.07, 6.45) is -1.88. The molecule has 1 aliphatic heterocycles. The molecule has 1 aromatic carbocycles. The second kappa shape index (κ2) is 5.04. The van der Waals surface area contributed by atoms with E-state index in [1.54, 1.807) is 24.3 Å². The van der Waals surface area contributed by atoms with Crippen LogP contribution in [-0.2, 0) is 0 Å². The Morgan fingerprint density at radius 3 is 2.59 bits per heavy atom. The molecular weight excluding hydrogens is 222 g/mol. The Morgan fingerprint density at radius 1 is 1.18 bits per heavy atom. The van der Waals surface area contributed by atoms with Crippen molar-refractivity contribution >= 4 is 0 Å². The summed E-state index contributed by atoms with van der Waals surface area (Å²) < 4.78 is 10.9. The van der Waals surface area contributed by atoms with Crippen molar-refractivity contribution in [2.45, 2.75) is 18.6 Å². The molecule has 0 bridgehead atoms. The summed E-state index contributed by atoms with van der Waals surface area (Å²) in [4.78, 5) is 0. The lowest BCUT2D eigenvalue weighted by Crippen LogP contribution is -2.15. The number of ether oxygens (including phenoxy) is 2. The van der Waals surface area contributed by atoms with E-state index in [0.29, 0.717) is 30.3 Å². The quantitative estimate of drug-likeness (QED) is 0.740. The van der Waals surface area contributed by atoms with Crippen molar-refractivity contribution in [3.8, 4) is 17.6 Å². The van der Waals surface area contributed by atoms with Crippen LogP contribution in [0.3, 0.4) is 0 Å². The zero-order valence-corrected chi connectivity index (χ0v) is 9.17. The maximum Gasteiger partial charge on any atom is 0.170 e. The van der Waals surface area contributed by atoms with Gasteiger partial charge in [-0.15, -0.1) is 0 Å². The zero-order chi connectivity index (χ0) is 12.3. The van der Waals surface area contributed by atoms with Crippen molar-refractivity contribution in [3.63, 3.8) is 0 Å². The summed E-state index contributed by atoms with van der Waals surface area (Å²) in [5, 5.41) is 27.5. The number of aliphatic hydroxyl groups is 2. The molecule has 2 rings (SSSR count). The number of nitriles is 1. The number of rotatable bonds is 2. The molecule has 1 heterocycles. The van der Waals surface area contributed by atoms with Gasteiger partial charge in [-0.2, -0.15) is 5.26 Å². The molecule has 0 saturated heterocycles. The molecule has 0 aliphatic carbocycles. The standard InChI is InChI=1S/C12H13NO4/c13-7-9(14)12(15)8-2-3-10-11(6-8)17-5-1-4-16-10/h2-3,6,9,12,14-15H,1,4-5H2. The summed E-state index contributed by atoms with van der Waals surface area (Å²) >= 11 is 0. The molecule has 1 aromatic rings. The molecule has 0 radical (unpaired) electrons. The molecule has 17 heavy (non-hydrogen) atoms. The van der Waals surface area contributed by atoms with Crippen molar-refractivity contribution in [1.29, 1.82) is 5.26 Å². The van der Waals surface area contributed by atoms with Crippen LogP contribution < -0.4 is 9.47 Å². The van der Waals surface area contributed by atoms with Gasteiger partial charge in [0.2, 0.25) is 0 Å². The summed E-state index contributed by atoms with van der Waals surface area (Å²) in [6, 6.07) is 6.46. The number of fused-ring (bicyclic) bond motifs is 1. The third kappa shape index (κ3) is 2.49.